The summed E-state index contributed by atoms with van der Waals surface area (Å²) in [5.41, 5.74) is 2.20. The first-order valence-electron chi connectivity index (χ1n) is 9.24. The van der Waals surface area contributed by atoms with Gasteiger partial charge in [-0.15, -0.1) is 0 Å². The number of hydrogen-bond acceptors (Lipinski definition) is 5. The number of likely N-dealkylation sites (tertiary alicyclic amines) is 1. The Labute approximate surface area is 159 Å². The van der Waals surface area contributed by atoms with Crippen LogP contribution in [-0.2, 0) is 11.3 Å². The quantitative estimate of drug-likeness (QED) is 0.819. The summed E-state index contributed by atoms with van der Waals surface area (Å²) in [5, 5.41) is 3.15. The molecule has 6 nitrogen and oxygen atoms in total. The van der Waals surface area contributed by atoms with E-state index in [9.17, 15) is 9.59 Å². The Balaban J connectivity index is 1.51. The molecule has 1 amide bonds. The molecular weight excluding hydrogens is 344 g/mol. The Kier molecular flexibility index (Phi) is 5.96. The highest BCUT2D eigenvalue weighted by atomic mass is 16.5. The van der Waals surface area contributed by atoms with Gasteiger partial charge in [0.15, 0.2) is 0 Å². The first-order chi connectivity index (χ1) is 13.0. The second-order valence-corrected chi connectivity index (χ2v) is 7.01. The molecule has 0 aliphatic carbocycles. The first kappa shape index (κ1) is 19.2. The fourth-order valence-corrected chi connectivity index (χ4v) is 3.48. The number of methoxy groups -OCH3 is 1. The SMILES string of the molecule is COC(=O)c1cc(CN2CCC(NC(=O)c3ccccc3C)CC2)oc1C. The van der Waals surface area contributed by atoms with E-state index in [0.29, 0.717) is 17.9 Å². The van der Waals surface area contributed by atoms with Crippen molar-refractivity contribution in [2.75, 3.05) is 20.2 Å². The van der Waals surface area contributed by atoms with Gasteiger partial charge in [0.25, 0.3) is 5.91 Å². The fourth-order valence-electron chi connectivity index (χ4n) is 3.48. The number of carbonyl (C=O) groups excluding carboxylic acids is 2. The van der Waals surface area contributed by atoms with E-state index < -0.39 is 0 Å². The lowest BCUT2D eigenvalue weighted by Crippen LogP contribution is -2.44. The van der Waals surface area contributed by atoms with Gasteiger partial charge in [0, 0.05) is 24.7 Å². The zero-order valence-electron chi connectivity index (χ0n) is 16.1. The zero-order chi connectivity index (χ0) is 19.4. The Hall–Kier alpha value is -2.60. The minimum atomic E-state index is -0.375. The third-order valence-electron chi connectivity index (χ3n) is 5.07. The number of nitrogens with one attached hydrogen (secondary N) is 1. The molecule has 27 heavy (non-hydrogen) atoms. The van der Waals surface area contributed by atoms with E-state index in [2.05, 4.69) is 10.2 Å². The molecular formula is C21H26N2O4. The van der Waals surface area contributed by atoms with Gasteiger partial charge in [0.2, 0.25) is 0 Å². The fraction of sp³-hybridized carbons (Fsp3) is 0.429. The van der Waals surface area contributed by atoms with Crippen LogP contribution in [0.15, 0.2) is 34.7 Å². The lowest BCUT2D eigenvalue weighted by molar-refractivity contribution is 0.0598. The number of hydrogen-bond donors (Lipinski definition) is 1. The number of rotatable bonds is 5. The number of piperidine rings is 1. The number of furan rings is 1. The second-order valence-electron chi connectivity index (χ2n) is 7.01. The molecule has 1 N–H and O–H groups in total. The van der Waals surface area contributed by atoms with E-state index in [1.807, 2.05) is 31.2 Å². The summed E-state index contributed by atoms with van der Waals surface area (Å²) in [7, 11) is 1.37. The van der Waals surface area contributed by atoms with Gasteiger partial charge < -0.3 is 14.5 Å². The number of ether oxygens (including phenoxy) is 1. The molecule has 0 bridgehead atoms. The lowest BCUT2D eigenvalue weighted by atomic mass is 10.0. The molecule has 0 spiro atoms. The average molecular weight is 370 g/mol. The zero-order valence-corrected chi connectivity index (χ0v) is 16.1. The van der Waals surface area contributed by atoms with Crippen LogP contribution < -0.4 is 5.32 Å². The highest BCUT2D eigenvalue weighted by molar-refractivity contribution is 5.95. The Morgan fingerprint density at radius 3 is 2.56 bits per heavy atom. The summed E-state index contributed by atoms with van der Waals surface area (Å²) >= 11 is 0. The molecule has 6 heteroatoms. The molecule has 1 aliphatic heterocycles. The molecule has 0 radical (unpaired) electrons. The van der Waals surface area contributed by atoms with Crippen molar-refractivity contribution in [1.82, 2.24) is 10.2 Å². The van der Waals surface area contributed by atoms with Gasteiger partial charge >= 0.3 is 5.97 Å². The van der Waals surface area contributed by atoms with Crippen molar-refractivity contribution in [3.63, 3.8) is 0 Å². The monoisotopic (exact) mass is 370 g/mol. The Morgan fingerprint density at radius 1 is 1.19 bits per heavy atom. The molecule has 1 aromatic heterocycles. The van der Waals surface area contributed by atoms with Gasteiger partial charge in [0.1, 0.15) is 17.1 Å². The van der Waals surface area contributed by atoms with E-state index >= 15 is 0 Å². The van der Waals surface area contributed by atoms with Gasteiger partial charge in [-0.2, -0.15) is 0 Å². The van der Waals surface area contributed by atoms with Crippen LogP contribution in [0.4, 0.5) is 0 Å². The van der Waals surface area contributed by atoms with Crippen LogP contribution in [-0.4, -0.2) is 43.0 Å². The minimum absolute atomic E-state index is 0.00377. The first-order valence-corrected chi connectivity index (χ1v) is 9.24. The highest BCUT2D eigenvalue weighted by Gasteiger charge is 2.23. The summed E-state index contributed by atoms with van der Waals surface area (Å²) in [6.45, 7) is 6.10. The Morgan fingerprint density at radius 2 is 1.89 bits per heavy atom. The van der Waals surface area contributed by atoms with Crippen LogP contribution in [0.25, 0.3) is 0 Å². The molecule has 144 valence electrons. The van der Waals surface area contributed by atoms with Gasteiger partial charge in [-0.3, -0.25) is 9.69 Å². The summed E-state index contributed by atoms with van der Waals surface area (Å²) in [5.74, 6) is 0.962. The van der Waals surface area contributed by atoms with Crippen LogP contribution >= 0.6 is 0 Å². The predicted molar refractivity (Wildman–Crippen MR) is 102 cm³/mol. The smallest absolute Gasteiger partial charge is 0.341 e. The third-order valence-corrected chi connectivity index (χ3v) is 5.07. The number of benzene rings is 1. The van der Waals surface area contributed by atoms with Gasteiger partial charge in [-0.1, -0.05) is 18.2 Å². The number of carbonyl (C=O) groups is 2. The average Bonchev–Trinajstić information content (AvgIpc) is 3.03. The van der Waals surface area contributed by atoms with E-state index in [1.165, 1.54) is 7.11 Å². The number of nitrogens with zero attached hydrogens (tertiary/aromatic N) is 1. The van der Waals surface area contributed by atoms with Crippen molar-refractivity contribution in [2.45, 2.75) is 39.3 Å². The molecule has 1 fully saturated rings. The van der Waals surface area contributed by atoms with Crippen LogP contribution in [0.2, 0.25) is 0 Å². The molecule has 0 unspecified atom stereocenters. The van der Waals surface area contributed by atoms with Crippen molar-refractivity contribution in [1.29, 1.82) is 0 Å². The highest BCUT2D eigenvalue weighted by Crippen LogP contribution is 2.20. The number of esters is 1. The van der Waals surface area contributed by atoms with Crippen molar-refractivity contribution < 1.29 is 18.7 Å². The summed E-state index contributed by atoms with van der Waals surface area (Å²) in [6.07, 6.45) is 1.78. The maximum atomic E-state index is 12.5. The summed E-state index contributed by atoms with van der Waals surface area (Å²) in [4.78, 5) is 26.4. The topological polar surface area (TPSA) is 71.8 Å². The normalized spacial score (nSPS) is 15.5. The molecule has 0 atom stereocenters. The summed E-state index contributed by atoms with van der Waals surface area (Å²) < 4.78 is 10.5. The van der Waals surface area contributed by atoms with Crippen LogP contribution in [0.5, 0.6) is 0 Å². The minimum Gasteiger partial charge on any atom is -0.465 e. The van der Waals surface area contributed by atoms with Crippen molar-refractivity contribution in [2.24, 2.45) is 0 Å². The van der Waals surface area contributed by atoms with Crippen LogP contribution in [0, 0.1) is 13.8 Å². The maximum Gasteiger partial charge on any atom is 0.341 e. The largest absolute Gasteiger partial charge is 0.465 e. The van der Waals surface area contributed by atoms with Crippen molar-refractivity contribution in [3.8, 4) is 0 Å². The van der Waals surface area contributed by atoms with E-state index in [0.717, 1.165) is 42.8 Å². The predicted octanol–water partition coefficient (Wildman–Crippen LogP) is 3.08. The third kappa shape index (κ3) is 4.57. The second kappa shape index (κ2) is 8.39. The molecule has 2 heterocycles. The molecule has 1 aromatic carbocycles. The molecule has 1 aliphatic rings. The van der Waals surface area contributed by atoms with E-state index in [-0.39, 0.29) is 17.9 Å². The lowest BCUT2D eigenvalue weighted by Gasteiger charge is -2.31. The van der Waals surface area contributed by atoms with Crippen molar-refractivity contribution >= 4 is 11.9 Å². The number of amides is 1. The van der Waals surface area contributed by atoms with Crippen LogP contribution in [0.3, 0.4) is 0 Å². The van der Waals surface area contributed by atoms with Gasteiger partial charge in [-0.25, -0.2) is 4.79 Å². The molecule has 3 rings (SSSR count). The van der Waals surface area contributed by atoms with E-state index in [4.69, 9.17) is 9.15 Å². The Bertz CT molecular complexity index is 819. The molecule has 2 aromatic rings. The van der Waals surface area contributed by atoms with Crippen LogP contribution in [0.1, 0.15) is 50.6 Å². The van der Waals surface area contributed by atoms with Gasteiger partial charge in [-0.05, 0) is 44.4 Å². The van der Waals surface area contributed by atoms with Gasteiger partial charge in [0.05, 0.1) is 13.7 Å². The number of aryl methyl sites for hydroxylation is 2. The standard InChI is InChI=1S/C21H26N2O4/c1-14-6-4-5-7-18(14)20(24)22-16-8-10-23(11-9-16)13-17-12-19(15(2)27-17)21(25)26-3/h4-7,12,16H,8-11,13H2,1-3H3,(H,22,24). The summed E-state index contributed by atoms with van der Waals surface area (Å²) in [6, 6.07) is 9.57. The van der Waals surface area contributed by atoms with Crippen molar-refractivity contribution in [3.05, 3.63) is 58.5 Å². The van der Waals surface area contributed by atoms with E-state index in [1.54, 1.807) is 13.0 Å². The molecule has 1 saturated heterocycles. The maximum absolute atomic E-state index is 12.5. The molecule has 0 saturated carbocycles.